The van der Waals surface area contributed by atoms with Gasteiger partial charge in [0.1, 0.15) is 0 Å². The summed E-state index contributed by atoms with van der Waals surface area (Å²) in [4.78, 5) is 16.9. The first-order chi connectivity index (χ1) is 10.3. The second-order valence-electron chi connectivity index (χ2n) is 5.40. The first-order valence-corrected chi connectivity index (χ1v) is 8.45. The summed E-state index contributed by atoms with van der Waals surface area (Å²) in [5.74, 6) is 6.53. The van der Waals surface area contributed by atoms with E-state index in [4.69, 9.17) is 5.11 Å². The van der Waals surface area contributed by atoms with Crippen LogP contribution in [-0.4, -0.2) is 22.6 Å². The van der Waals surface area contributed by atoms with Crippen LogP contribution in [-0.2, 0) is 4.79 Å². The zero-order valence-corrected chi connectivity index (χ0v) is 13.0. The number of anilines is 1. The van der Waals surface area contributed by atoms with Crippen molar-refractivity contribution >= 4 is 22.4 Å². The summed E-state index contributed by atoms with van der Waals surface area (Å²) >= 11 is 1.37. The monoisotopic (exact) mass is 306 g/mol. The van der Waals surface area contributed by atoms with E-state index >= 15 is 0 Å². The molecule has 1 heterocycles. The normalized spacial score (nSPS) is 15.3. The van der Waals surface area contributed by atoms with Crippen LogP contribution < -0.4 is 5.32 Å². The molecule has 0 saturated heterocycles. The molecule has 1 amide bonds. The fraction of sp³-hybridized carbons (Fsp3) is 0.625. The summed E-state index contributed by atoms with van der Waals surface area (Å²) in [6.07, 6.45) is 10.2. The lowest BCUT2D eigenvalue weighted by Gasteiger charge is -2.20. The summed E-state index contributed by atoms with van der Waals surface area (Å²) in [7, 11) is 0. The minimum absolute atomic E-state index is 0.0461. The van der Waals surface area contributed by atoms with Crippen LogP contribution in [0.2, 0.25) is 0 Å². The minimum atomic E-state index is 0.0461. The highest BCUT2D eigenvalue weighted by Crippen LogP contribution is 2.27. The van der Waals surface area contributed by atoms with Crippen LogP contribution in [0.25, 0.3) is 0 Å². The van der Waals surface area contributed by atoms with E-state index in [1.807, 2.05) is 0 Å². The number of nitrogens with zero attached hydrogens (tertiary/aromatic N) is 1. The van der Waals surface area contributed by atoms with Crippen LogP contribution >= 0.6 is 11.3 Å². The molecule has 1 saturated carbocycles. The molecule has 2 N–H and O–H groups in total. The van der Waals surface area contributed by atoms with Crippen molar-refractivity contribution in [2.45, 2.75) is 51.4 Å². The number of aliphatic hydroxyl groups is 1. The van der Waals surface area contributed by atoms with E-state index in [1.54, 1.807) is 6.20 Å². The Morgan fingerprint density at radius 3 is 3.00 bits per heavy atom. The highest BCUT2D eigenvalue weighted by molar-refractivity contribution is 7.16. The lowest BCUT2D eigenvalue weighted by Crippen LogP contribution is -2.14. The molecule has 0 unspecified atom stereocenters. The number of nitrogens with one attached hydrogen (secondary N) is 1. The lowest BCUT2D eigenvalue weighted by molar-refractivity contribution is -0.116. The molecule has 0 spiro atoms. The molecule has 0 atom stereocenters. The van der Waals surface area contributed by atoms with Gasteiger partial charge < -0.3 is 10.4 Å². The highest BCUT2D eigenvalue weighted by Gasteiger charge is 2.15. The Morgan fingerprint density at radius 1 is 1.43 bits per heavy atom. The number of carbonyl (C=O) groups is 1. The van der Waals surface area contributed by atoms with Crippen molar-refractivity contribution in [3.05, 3.63) is 11.1 Å². The maximum absolute atomic E-state index is 11.9. The predicted octanol–water partition coefficient (Wildman–Crippen LogP) is 3.18. The predicted molar refractivity (Wildman–Crippen MR) is 85.1 cm³/mol. The topological polar surface area (TPSA) is 62.2 Å². The number of hydrogen-bond donors (Lipinski definition) is 2. The number of aliphatic hydroxyl groups excluding tert-OH is 1. The molecule has 4 nitrogen and oxygen atoms in total. The van der Waals surface area contributed by atoms with E-state index < -0.39 is 0 Å². The molecule has 1 aliphatic carbocycles. The maximum Gasteiger partial charge on any atom is 0.226 e. The molecule has 1 aromatic heterocycles. The van der Waals surface area contributed by atoms with Gasteiger partial charge in [0, 0.05) is 12.8 Å². The van der Waals surface area contributed by atoms with Crippen molar-refractivity contribution < 1.29 is 9.90 Å². The molecule has 0 aliphatic heterocycles. The number of thiazole rings is 1. The first kappa shape index (κ1) is 16.0. The summed E-state index contributed by atoms with van der Waals surface area (Å²) in [6.45, 7) is 0.0660. The van der Waals surface area contributed by atoms with Crippen LogP contribution in [0, 0.1) is 17.8 Å². The molecule has 1 aromatic rings. The number of carbonyl (C=O) groups excluding carboxylic acids is 1. The Balaban J connectivity index is 1.73. The van der Waals surface area contributed by atoms with Gasteiger partial charge in [0.15, 0.2) is 5.13 Å². The molecule has 5 heteroatoms. The summed E-state index contributed by atoms with van der Waals surface area (Å²) in [5.41, 5.74) is 0. The van der Waals surface area contributed by atoms with Gasteiger partial charge in [-0.25, -0.2) is 4.98 Å². The Labute approximate surface area is 130 Å². The Hall–Kier alpha value is -1.38. The molecule has 0 bridgehead atoms. The first-order valence-electron chi connectivity index (χ1n) is 7.63. The van der Waals surface area contributed by atoms with Crippen LogP contribution in [0.15, 0.2) is 6.20 Å². The SMILES string of the molecule is O=C(CCC1CCCCC1)Nc1ncc(C#CCCO)s1. The Bertz CT molecular complexity index is 510. The second-order valence-corrected chi connectivity index (χ2v) is 6.43. The number of aromatic nitrogens is 1. The van der Waals surface area contributed by atoms with Crippen molar-refractivity contribution in [1.29, 1.82) is 0 Å². The summed E-state index contributed by atoms with van der Waals surface area (Å²) in [5, 5.41) is 12.1. The zero-order valence-electron chi connectivity index (χ0n) is 12.2. The average molecular weight is 306 g/mol. The standard InChI is InChI=1S/C16H22N2O2S/c19-11-5-4-8-14-12-17-16(21-14)18-15(20)10-9-13-6-2-1-3-7-13/h12-13,19H,1-3,5-7,9-11H2,(H,17,18,20). The fourth-order valence-electron chi connectivity index (χ4n) is 2.59. The Morgan fingerprint density at radius 2 is 2.24 bits per heavy atom. The van der Waals surface area contributed by atoms with Gasteiger partial charge in [-0.15, -0.1) is 0 Å². The van der Waals surface area contributed by atoms with Crippen molar-refractivity contribution in [3.63, 3.8) is 0 Å². The van der Waals surface area contributed by atoms with Gasteiger partial charge in [-0.05, 0) is 12.3 Å². The average Bonchev–Trinajstić information content (AvgIpc) is 2.94. The highest BCUT2D eigenvalue weighted by atomic mass is 32.1. The van der Waals surface area contributed by atoms with Crippen molar-refractivity contribution in [1.82, 2.24) is 4.98 Å². The van der Waals surface area contributed by atoms with Gasteiger partial charge in [0.2, 0.25) is 5.91 Å². The maximum atomic E-state index is 11.9. The van der Waals surface area contributed by atoms with Crippen molar-refractivity contribution in [2.75, 3.05) is 11.9 Å². The molecule has 1 fully saturated rings. The van der Waals surface area contributed by atoms with E-state index in [9.17, 15) is 4.79 Å². The van der Waals surface area contributed by atoms with Gasteiger partial charge in [-0.3, -0.25) is 4.79 Å². The molecular formula is C16H22N2O2S. The summed E-state index contributed by atoms with van der Waals surface area (Å²) < 4.78 is 0. The van der Waals surface area contributed by atoms with Crippen LogP contribution in [0.1, 0.15) is 56.2 Å². The molecule has 21 heavy (non-hydrogen) atoms. The lowest BCUT2D eigenvalue weighted by atomic mass is 9.86. The Kier molecular flexibility index (Phi) is 6.71. The van der Waals surface area contributed by atoms with E-state index in [2.05, 4.69) is 22.1 Å². The molecular weight excluding hydrogens is 284 g/mol. The van der Waals surface area contributed by atoms with E-state index in [0.717, 1.165) is 17.2 Å². The van der Waals surface area contributed by atoms with E-state index in [0.29, 0.717) is 18.0 Å². The van der Waals surface area contributed by atoms with Crippen molar-refractivity contribution in [2.24, 2.45) is 5.92 Å². The minimum Gasteiger partial charge on any atom is -0.395 e. The van der Waals surface area contributed by atoms with Gasteiger partial charge in [0.25, 0.3) is 0 Å². The third-order valence-corrected chi connectivity index (χ3v) is 4.53. The molecule has 2 rings (SSSR count). The van der Waals surface area contributed by atoms with Gasteiger partial charge in [-0.2, -0.15) is 0 Å². The number of hydrogen-bond acceptors (Lipinski definition) is 4. The third-order valence-electron chi connectivity index (χ3n) is 3.70. The molecule has 1 aliphatic rings. The second kappa shape index (κ2) is 8.81. The molecule has 0 radical (unpaired) electrons. The quantitative estimate of drug-likeness (QED) is 0.821. The van der Waals surface area contributed by atoms with Crippen LogP contribution in [0.4, 0.5) is 5.13 Å². The fourth-order valence-corrected chi connectivity index (χ4v) is 3.30. The summed E-state index contributed by atoms with van der Waals surface area (Å²) in [6, 6.07) is 0. The van der Waals surface area contributed by atoms with E-state index in [-0.39, 0.29) is 12.5 Å². The van der Waals surface area contributed by atoms with Gasteiger partial charge in [0.05, 0.1) is 17.7 Å². The molecule has 114 valence electrons. The van der Waals surface area contributed by atoms with Crippen LogP contribution in [0.3, 0.4) is 0 Å². The zero-order chi connectivity index (χ0) is 14.9. The number of amides is 1. The van der Waals surface area contributed by atoms with Crippen molar-refractivity contribution in [3.8, 4) is 11.8 Å². The van der Waals surface area contributed by atoms with Gasteiger partial charge >= 0.3 is 0 Å². The largest absolute Gasteiger partial charge is 0.395 e. The number of rotatable bonds is 5. The van der Waals surface area contributed by atoms with Crippen LogP contribution in [0.5, 0.6) is 0 Å². The smallest absolute Gasteiger partial charge is 0.226 e. The molecule has 0 aromatic carbocycles. The van der Waals surface area contributed by atoms with Gasteiger partial charge in [-0.1, -0.05) is 55.3 Å². The van der Waals surface area contributed by atoms with E-state index in [1.165, 1.54) is 43.4 Å². The third kappa shape index (κ3) is 5.86.